The zero-order valence-corrected chi connectivity index (χ0v) is 16.9. The molecule has 0 bridgehead atoms. The fourth-order valence-corrected chi connectivity index (χ4v) is 2.16. The van der Waals surface area contributed by atoms with Crippen LogP contribution < -0.4 is 4.74 Å². The summed E-state index contributed by atoms with van der Waals surface area (Å²) in [4.78, 5) is 28.8. The summed E-state index contributed by atoms with van der Waals surface area (Å²) in [6.07, 6.45) is 1.93. The average molecular weight is 365 g/mol. The van der Waals surface area contributed by atoms with E-state index < -0.39 is 17.2 Å². The van der Waals surface area contributed by atoms with Crippen molar-refractivity contribution in [2.75, 3.05) is 14.2 Å². The Morgan fingerprint density at radius 2 is 1.62 bits per heavy atom. The summed E-state index contributed by atoms with van der Waals surface area (Å²) in [7, 11) is 3.07. The van der Waals surface area contributed by atoms with Crippen LogP contribution in [-0.2, 0) is 25.6 Å². The van der Waals surface area contributed by atoms with E-state index in [9.17, 15) is 9.59 Å². The lowest BCUT2D eigenvalue weighted by molar-refractivity contribution is -0.171. The van der Waals surface area contributed by atoms with Crippen LogP contribution in [0.25, 0.3) is 0 Å². The monoisotopic (exact) mass is 365 g/mol. The van der Waals surface area contributed by atoms with Gasteiger partial charge in [-0.1, -0.05) is 12.1 Å². The van der Waals surface area contributed by atoms with Crippen molar-refractivity contribution in [2.24, 2.45) is 0 Å². The predicted molar refractivity (Wildman–Crippen MR) is 99.7 cm³/mol. The number of hydrogen-bond donors (Lipinski definition) is 0. The molecule has 0 N–H and O–H groups in total. The third-order valence-corrected chi connectivity index (χ3v) is 3.67. The number of aryl methyl sites for hydroxylation is 1. The molecule has 0 spiro atoms. The molecular formula is C20H31NO5. The van der Waals surface area contributed by atoms with Crippen molar-refractivity contribution < 1.29 is 23.9 Å². The van der Waals surface area contributed by atoms with E-state index in [-0.39, 0.29) is 5.91 Å². The number of nitrogens with zero attached hydrogens (tertiary/aromatic N) is 1. The standard InChI is InChI=1S/C20H31NO5/c1-19(2,3)26-18(23)20(4,5)25-16-13-11-15(12-14-16)9-8-10-17(22)21(6)24-7/h11-14H,8-10H2,1-7H3. The van der Waals surface area contributed by atoms with Gasteiger partial charge in [-0.2, -0.15) is 0 Å². The summed E-state index contributed by atoms with van der Waals surface area (Å²) in [5.74, 6) is 0.140. The van der Waals surface area contributed by atoms with Gasteiger partial charge < -0.3 is 9.47 Å². The molecule has 26 heavy (non-hydrogen) atoms. The second-order valence-electron chi connectivity index (χ2n) is 7.69. The molecule has 6 heteroatoms. The van der Waals surface area contributed by atoms with Gasteiger partial charge in [0.25, 0.3) is 0 Å². The molecule has 0 unspecified atom stereocenters. The normalized spacial score (nSPS) is 11.8. The predicted octanol–water partition coefficient (Wildman–Crippen LogP) is 3.53. The van der Waals surface area contributed by atoms with E-state index >= 15 is 0 Å². The van der Waals surface area contributed by atoms with E-state index in [1.54, 1.807) is 20.9 Å². The quantitative estimate of drug-likeness (QED) is 0.521. The number of rotatable bonds is 8. The molecule has 0 atom stereocenters. The third kappa shape index (κ3) is 7.44. The van der Waals surface area contributed by atoms with E-state index in [0.29, 0.717) is 12.2 Å². The fourth-order valence-electron chi connectivity index (χ4n) is 2.16. The van der Waals surface area contributed by atoms with E-state index in [4.69, 9.17) is 14.3 Å². The Kier molecular flexibility index (Phi) is 7.63. The SMILES string of the molecule is CON(C)C(=O)CCCc1ccc(OC(C)(C)C(=O)OC(C)(C)C)cc1. The highest BCUT2D eigenvalue weighted by molar-refractivity contribution is 5.79. The van der Waals surface area contributed by atoms with Gasteiger partial charge in [0.2, 0.25) is 5.91 Å². The minimum absolute atomic E-state index is 0.0495. The van der Waals surface area contributed by atoms with Crippen molar-refractivity contribution >= 4 is 11.9 Å². The first-order chi connectivity index (χ1) is 11.9. The summed E-state index contributed by atoms with van der Waals surface area (Å²) in [5, 5.41) is 1.23. The Labute approximate surface area is 156 Å². The molecule has 0 aromatic heterocycles. The van der Waals surface area contributed by atoms with Gasteiger partial charge in [-0.15, -0.1) is 0 Å². The minimum Gasteiger partial charge on any atom is -0.476 e. The van der Waals surface area contributed by atoms with Crippen molar-refractivity contribution in [3.05, 3.63) is 29.8 Å². The van der Waals surface area contributed by atoms with Crippen molar-refractivity contribution in [3.8, 4) is 5.75 Å². The Balaban J connectivity index is 2.56. The van der Waals surface area contributed by atoms with E-state index in [1.807, 2.05) is 45.0 Å². The molecular weight excluding hydrogens is 334 g/mol. The molecule has 0 aliphatic heterocycles. The van der Waals surface area contributed by atoms with Gasteiger partial charge in [0, 0.05) is 13.5 Å². The molecule has 1 rings (SSSR count). The lowest BCUT2D eigenvalue weighted by atomic mass is 10.1. The van der Waals surface area contributed by atoms with Crippen molar-refractivity contribution in [2.45, 2.75) is 65.1 Å². The summed E-state index contributed by atoms with van der Waals surface area (Å²) in [6.45, 7) is 8.85. The van der Waals surface area contributed by atoms with Gasteiger partial charge in [0.05, 0.1) is 7.11 Å². The van der Waals surface area contributed by atoms with Gasteiger partial charge in [0.15, 0.2) is 5.60 Å². The Morgan fingerprint density at radius 3 is 2.12 bits per heavy atom. The minimum atomic E-state index is -1.08. The first kappa shape index (κ1) is 22.0. The van der Waals surface area contributed by atoms with Crippen LogP contribution in [-0.4, -0.2) is 42.3 Å². The molecule has 0 saturated heterocycles. The molecule has 6 nitrogen and oxygen atoms in total. The summed E-state index contributed by atoms with van der Waals surface area (Å²) >= 11 is 0. The Bertz CT molecular complexity index is 602. The molecule has 1 amide bonds. The van der Waals surface area contributed by atoms with Gasteiger partial charge in [-0.05, 0) is 65.2 Å². The molecule has 1 aromatic rings. The van der Waals surface area contributed by atoms with Crippen LogP contribution in [0.15, 0.2) is 24.3 Å². The number of hydroxylamine groups is 2. The average Bonchev–Trinajstić information content (AvgIpc) is 2.53. The second kappa shape index (κ2) is 9.03. The maximum absolute atomic E-state index is 12.2. The zero-order valence-electron chi connectivity index (χ0n) is 16.9. The van der Waals surface area contributed by atoms with Crippen LogP contribution in [0.3, 0.4) is 0 Å². The lowest BCUT2D eigenvalue weighted by Gasteiger charge is -2.29. The molecule has 0 fully saturated rings. The van der Waals surface area contributed by atoms with E-state index in [1.165, 1.54) is 12.2 Å². The highest BCUT2D eigenvalue weighted by atomic mass is 16.7. The Hall–Kier alpha value is -2.08. The number of esters is 1. The molecule has 1 aromatic carbocycles. The highest BCUT2D eigenvalue weighted by Crippen LogP contribution is 2.22. The zero-order chi connectivity index (χ0) is 20.0. The van der Waals surface area contributed by atoms with Crippen molar-refractivity contribution in [1.29, 1.82) is 0 Å². The van der Waals surface area contributed by atoms with Crippen molar-refractivity contribution in [1.82, 2.24) is 5.06 Å². The van der Waals surface area contributed by atoms with Crippen LogP contribution in [0, 0.1) is 0 Å². The topological polar surface area (TPSA) is 65.1 Å². The largest absolute Gasteiger partial charge is 0.476 e. The first-order valence-corrected chi connectivity index (χ1v) is 8.76. The molecule has 0 aliphatic carbocycles. The highest BCUT2D eigenvalue weighted by Gasteiger charge is 2.34. The summed E-state index contributed by atoms with van der Waals surface area (Å²) in [5.41, 5.74) is -0.540. The van der Waals surface area contributed by atoms with E-state index in [0.717, 1.165) is 18.4 Å². The maximum atomic E-state index is 12.2. The van der Waals surface area contributed by atoms with Crippen LogP contribution >= 0.6 is 0 Å². The summed E-state index contributed by atoms with van der Waals surface area (Å²) < 4.78 is 11.2. The molecule has 0 saturated carbocycles. The first-order valence-electron chi connectivity index (χ1n) is 8.76. The fraction of sp³-hybridized carbons (Fsp3) is 0.600. The maximum Gasteiger partial charge on any atom is 0.350 e. The lowest BCUT2D eigenvalue weighted by Crippen LogP contribution is -2.43. The van der Waals surface area contributed by atoms with Gasteiger partial charge >= 0.3 is 5.97 Å². The number of ether oxygens (including phenoxy) is 2. The second-order valence-corrected chi connectivity index (χ2v) is 7.69. The molecule has 0 heterocycles. The number of hydrogen-bond acceptors (Lipinski definition) is 5. The van der Waals surface area contributed by atoms with Gasteiger partial charge in [-0.3, -0.25) is 9.63 Å². The number of benzene rings is 1. The number of carbonyl (C=O) groups is 2. The van der Waals surface area contributed by atoms with Gasteiger partial charge in [0.1, 0.15) is 11.4 Å². The van der Waals surface area contributed by atoms with Gasteiger partial charge in [-0.25, -0.2) is 9.86 Å². The van der Waals surface area contributed by atoms with Crippen LogP contribution in [0.2, 0.25) is 0 Å². The van der Waals surface area contributed by atoms with Crippen LogP contribution in [0.5, 0.6) is 5.75 Å². The van der Waals surface area contributed by atoms with Crippen LogP contribution in [0.4, 0.5) is 0 Å². The van der Waals surface area contributed by atoms with Crippen LogP contribution in [0.1, 0.15) is 53.0 Å². The van der Waals surface area contributed by atoms with Crippen molar-refractivity contribution in [3.63, 3.8) is 0 Å². The molecule has 146 valence electrons. The molecule has 0 aliphatic rings. The smallest absolute Gasteiger partial charge is 0.350 e. The molecule has 0 radical (unpaired) electrons. The number of carbonyl (C=O) groups excluding carboxylic acids is 2. The Morgan fingerprint density at radius 1 is 1.04 bits per heavy atom. The third-order valence-electron chi connectivity index (χ3n) is 3.67. The van der Waals surface area contributed by atoms with E-state index in [2.05, 4.69) is 0 Å². The number of amides is 1. The summed E-state index contributed by atoms with van der Waals surface area (Å²) in [6, 6.07) is 7.52.